The number of rotatable bonds is 4. The molecule has 82 valence electrons. The van der Waals surface area contributed by atoms with Crippen LogP contribution < -0.4 is 0 Å². The minimum atomic E-state index is -0.788. The van der Waals surface area contributed by atoms with Crippen LogP contribution in [-0.4, -0.2) is 21.3 Å². The maximum atomic E-state index is 10.7. The van der Waals surface area contributed by atoms with Gasteiger partial charge in [-0.15, -0.1) is 11.8 Å². The molecule has 2 atom stereocenters. The third kappa shape index (κ3) is 3.72. The molecule has 15 heavy (non-hydrogen) atoms. The summed E-state index contributed by atoms with van der Waals surface area (Å²) in [5.74, 6) is -1.18. The molecule has 0 fully saturated rings. The Morgan fingerprint density at radius 2 is 2.20 bits per heavy atom. The molecule has 2 unspecified atom stereocenters. The van der Waals surface area contributed by atoms with Gasteiger partial charge in [-0.3, -0.25) is 4.79 Å². The topological polar surface area (TPSA) is 50.2 Å². The predicted molar refractivity (Wildman–Crippen MR) is 61.4 cm³/mol. The van der Waals surface area contributed by atoms with Crippen LogP contribution in [0.5, 0.6) is 0 Å². The fourth-order valence-electron chi connectivity index (χ4n) is 0.925. The van der Waals surface area contributed by atoms with Gasteiger partial charge in [0, 0.05) is 11.4 Å². The minimum Gasteiger partial charge on any atom is -0.481 e. The van der Waals surface area contributed by atoms with Crippen LogP contribution in [0, 0.1) is 5.92 Å². The second-order valence-electron chi connectivity index (χ2n) is 3.26. The van der Waals surface area contributed by atoms with Gasteiger partial charge in [-0.05, 0) is 12.1 Å². The summed E-state index contributed by atoms with van der Waals surface area (Å²) in [4.78, 5) is 14.8. The summed E-state index contributed by atoms with van der Waals surface area (Å²) in [7, 11) is 0. The second-order valence-corrected chi connectivity index (χ2v) is 5.10. The molecule has 1 N–H and O–H groups in total. The number of hydrogen-bond donors (Lipinski definition) is 1. The van der Waals surface area contributed by atoms with Crippen molar-refractivity contribution in [3.05, 3.63) is 23.4 Å². The average Bonchev–Trinajstić information content (AvgIpc) is 2.20. The number of carboxylic acid groups (broad SMARTS) is 1. The molecule has 1 heterocycles. The van der Waals surface area contributed by atoms with Gasteiger partial charge in [-0.2, -0.15) is 0 Å². The first-order valence-corrected chi connectivity index (χ1v) is 5.77. The Bertz CT molecular complexity index is 342. The summed E-state index contributed by atoms with van der Waals surface area (Å²) in [6.07, 6.45) is 1.56. The van der Waals surface area contributed by atoms with E-state index in [2.05, 4.69) is 4.98 Å². The standard InChI is InChI=1S/C10H12ClNO2S/c1-6(10(13)14)7(2)15-9-4-3-8(11)5-12-9/h3-7H,1-2H3,(H,13,14). The van der Waals surface area contributed by atoms with Gasteiger partial charge < -0.3 is 5.11 Å². The molecule has 0 amide bonds. The largest absolute Gasteiger partial charge is 0.481 e. The Labute approximate surface area is 97.9 Å². The van der Waals surface area contributed by atoms with E-state index in [0.717, 1.165) is 5.03 Å². The first-order valence-electron chi connectivity index (χ1n) is 4.51. The highest BCUT2D eigenvalue weighted by atomic mass is 35.5. The number of carbonyl (C=O) groups is 1. The molecule has 1 aromatic rings. The molecule has 0 saturated heterocycles. The maximum absolute atomic E-state index is 10.7. The molecule has 3 nitrogen and oxygen atoms in total. The summed E-state index contributed by atoms with van der Waals surface area (Å²) in [6, 6.07) is 3.53. The Morgan fingerprint density at radius 3 is 2.67 bits per heavy atom. The van der Waals surface area contributed by atoms with Crippen molar-refractivity contribution in [1.29, 1.82) is 0 Å². The molecule has 0 bridgehead atoms. The minimum absolute atomic E-state index is 0.0174. The second kappa shape index (κ2) is 5.37. The van der Waals surface area contributed by atoms with Crippen molar-refractivity contribution in [2.75, 3.05) is 0 Å². The molecule has 0 spiro atoms. The monoisotopic (exact) mass is 245 g/mol. The number of hydrogen-bond acceptors (Lipinski definition) is 3. The van der Waals surface area contributed by atoms with Crippen LogP contribution in [0.15, 0.2) is 23.4 Å². The fraction of sp³-hybridized carbons (Fsp3) is 0.400. The van der Waals surface area contributed by atoms with Crippen LogP contribution in [0.4, 0.5) is 0 Å². The number of thioether (sulfide) groups is 1. The Balaban J connectivity index is 2.62. The molecule has 0 aliphatic heterocycles. The van der Waals surface area contributed by atoms with Crippen molar-refractivity contribution >= 4 is 29.3 Å². The number of halogens is 1. The zero-order valence-electron chi connectivity index (χ0n) is 8.48. The lowest BCUT2D eigenvalue weighted by atomic mass is 10.1. The van der Waals surface area contributed by atoms with Gasteiger partial charge in [0.2, 0.25) is 0 Å². The number of pyridine rings is 1. The van der Waals surface area contributed by atoms with E-state index in [1.807, 2.05) is 6.92 Å². The molecule has 5 heteroatoms. The number of aliphatic carboxylic acids is 1. The van der Waals surface area contributed by atoms with E-state index < -0.39 is 11.9 Å². The van der Waals surface area contributed by atoms with Crippen molar-refractivity contribution in [1.82, 2.24) is 4.98 Å². The van der Waals surface area contributed by atoms with Gasteiger partial charge >= 0.3 is 5.97 Å². The lowest BCUT2D eigenvalue weighted by Crippen LogP contribution is -2.20. The highest BCUT2D eigenvalue weighted by Crippen LogP contribution is 2.26. The lowest BCUT2D eigenvalue weighted by molar-refractivity contribution is -0.140. The molecule has 0 aliphatic rings. The Morgan fingerprint density at radius 1 is 1.53 bits per heavy atom. The number of carboxylic acids is 1. The molecule has 0 radical (unpaired) electrons. The quantitative estimate of drug-likeness (QED) is 0.829. The Kier molecular flexibility index (Phi) is 4.42. The summed E-state index contributed by atoms with van der Waals surface area (Å²) in [6.45, 7) is 3.57. The molecular formula is C10H12ClNO2S. The van der Waals surface area contributed by atoms with Crippen LogP contribution >= 0.6 is 23.4 Å². The average molecular weight is 246 g/mol. The van der Waals surface area contributed by atoms with Crippen molar-refractivity contribution in [2.45, 2.75) is 24.1 Å². The number of aromatic nitrogens is 1. The predicted octanol–water partition coefficient (Wildman–Crippen LogP) is 2.94. The van der Waals surface area contributed by atoms with E-state index in [1.165, 1.54) is 11.8 Å². The van der Waals surface area contributed by atoms with E-state index in [0.29, 0.717) is 5.02 Å². The van der Waals surface area contributed by atoms with Crippen molar-refractivity contribution in [3.63, 3.8) is 0 Å². The van der Waals surface area contributed by atoms with Crippen LogP contribution in [0.1, 0.15) is 13.8 Å². The first kappa shape index (κ1) is 12.3. The highest BCUT2D eigenvalue weighted by Gasteiger charge is 2.20. The fourth-order valence-corrected chi connectivity index (χ4v) is 2.00. The molecular weight excluding hydrogens is 234 g/mol. The normalized spacial score (nSPS) is 14.6. The molecule has 1 rings (SSSR count). The Hall–Kier alpha value is -0.740. The number of nitrogens with zero attached hydrogens (tertiary/aromatic N) is 1. The van der Waals surface area contributed by atoms with Crippen LogP contribution in [0.25, 0.3) is 0 Å². The van der Waals surface area contributed by atoms with Gasteiger partial charge in [-0.25, -0.2) is 4.98 Å². The van der Waals surface area contributed by atoms with Crippen LogP contribution in [0.3, 0.4) is 0 Å². The van der Waals surface area contributed by atoms with Crippen molar-refractivity contribution < 1.29 is 9.90 Å². The van der Waals surface area contributed by atoms with Gasteiger partial charge in [0.15, 0.2) is 0 Å². The maximum Gasteiger partial charge on any atom is 0.307 e. The first-order chi connectivity index (χ1) is 7.00. The van der Waals surface area contributed by atoms with Gasteiger partial charge in [0.1, 0.15) is 0 Å². The summed E-state index contributed by atoms with van der Waals surface area (Å²) >= 11 is 7.13. The smallest absolute Gasteiger partial charge is 0.307 e. The third-order valence-corrected chi connectivity index (χ3v) is 3.59. The van der Waals surface area contributed by atoms with Crippen molar-refractivity contribution in [3.8, 4) is 0 Å². The lowest BCUT2D eigenvalue weighted by Gasteiger charge is -2.14. The van der Waals surface area contributed by atoms with Crippen LogP contribution in [-0.2, 0) is 4.79 Å². The van der Waals surface area contributed by atoms with E-state index in [1.54, 1.807) is 25.3 Å². The highest BCUT2D eigenvalue weighted by molar-refractivity contribution is 7.99. The summed E-state index contributed by atoms with van der Waals surface area (Å²) in [5.41, 5.74) is 0. The third-order valence-electron chi connectivity index (χ3n) is 2.10. The van der Waals surface area contributed by atoms with E-state index in [9.17, 15) is 4.79 Å². The molecule has 0 aliphatic carbocycles. The SMILES string of the molecule is CC(Sc1ccc(Cl)cn1)C(C)C(=O)O. The van der Waals surface area contributed by atoms with Gasteiger partial charge in [0.25, 0.3) is 0 Å². The summed E-state index contributed by atoms with van der Waals surface area (Å²) in [5, 5.41) is 10.2. The molecule has 0 saturated carbocycles. The van der Waals surface area contributed by atoms with E-state index in [-0.39, 0.29) is 5.25 Å². The van der Waals surface area contributed by atoms with Crippen molar-refractivity contribution in [2.24, 2.45) is 5.92 Å². The van der Waals surface area contributed by atoms with E-state index >= 15 is 0 Å². The van der Waals surface area contributed by atoms with Crippen LogP contribution in [0.2, 0.25) is 5.02 Å². The molecule has 1 aromatic heterocycles. The summed E-state index contributed by atoms with van der Waals surface area (Å²) < 4.78 is 0. The van der Waals surface area contributed by atoms with Gasteiger partial charge in [-0.1, -0.05) is 25.4 Å². The molecule has 0 aromatic carbocycles. The van der Waals surface area contributed by atoms with Gasteiger partial charge in [0.05, 0.1) is 16.0 Å². The zero-order valence-corrected chi connectivity index (χ0v) is 10.0. The zero-order chi connectivity index (χ0) is 11.4. The van der Waals surface area contributed by atoms with E-state index in [4.69, 9.17) is 16.7 Å².